The zero-order chi connectivity index (χ0) is 25.6. The van der Waals surface area contributed by atoms with E-state index >= 15 is 0 Å². The summed E-state index contributed by atoms with van der Waals surface area (Å²) in [6, 6.07) is 2.77. The van der Waals surface area contributed by atoms with E-state index < -0.39 is 35.8 Å². The van der Waals surface area contributed by atoms with Crippen LogP contribution in [0, 0.1) is 11.6 Å². The summed E-state index contributed by atoms with van der Waals surface area (Å²) in [5, 5.41) is 0.413. The number of benzene rings is 1. The molecule has 0 radical (unpaired) electrons. The Morgan fingerprint density at radius 2 is 1.83 bits per heavy atom. The van der Waals surface area contributed by atoms with Crippen LogP contribution in [-0.4, -0.2) is 36.4 Å². The van der Waals surface area contributed by atoms with Crippen LogP contribution in [0.5, 0.6) is 0 Å². The van der Waals surface area contributed by atoms with Crippen molar-refractivity contribution in [1.82, 2.24) is 24.5 Å². The molecule has 2 atom stereocenters. The molecule has 36 heavy (non-hydrogen) atoms. The lowest BCUT2D eigenvalue weighted by atomic mass is 10.1. The Morgan fingerprint density at radius 3 is 2.50 bits per heavy atom. The monoisotopic (exact) mass is 500 g/mol. The number of anilines is 1. The Kier molecular flexibility index (Phi) is 5.69. The highest BCUT2D eigenvalue weighted by Crippen LogP contribution is 2.36. The van der Waals surface area contributed by atoms with E-state index in [0.717, 1.165) is 24.5 Å². The molecule has 0 amide bonds. The quantitative estimate of drug-likeness (QED) is 0.391. The van der Waals surface area contributed by atoms with Gasteiger partial charge in [-0.05, 0) is 18.6 Å². The fraction of sp³-hybridized carbons (Fsp3) is 0.217. The van der Waals surface area contributed by atoms with Crippen molar-refractivity contribution in [3.63, 3.8) is 0 Å². The van der Waals surface area contributed by atoms with Gasteiger partial charge in [-0.3, -0.25) is 9.98 Å². The topological polar surface area (TPSA) is 107 Å². The smallest absolute Gasteiger partial charge is 0.383 e. The van der Waals surface area contributed by atoms with E-state index in [0.29, 0.717) is 28.7 Å². The number of aromatic nitrogens is 5. The van der Waals surface area contributed by atoms with Crippen molar-refractivity contribution in [1.29, 1.82) is 0 Å². The van der Waals surface area contributed by atoms with Gasteiger partial charge in [-0.2, -0.15) is 13.2 Å². The molecule has 0 aliphatic carbocycles. The summed E-state index contributed by atoms with van der Waals surface area (Å²) >= 11 is 0. The van der Waals surface area contributed by atoms with Gasteiger partial charge in [0, 0.05) is 47.6 Å². The highest BCUT2D eigenvalue weighted by Gasteiger charge is 2.34. The van der Waals surface area contributed by atoms with Crippen LogP contribution in [0.4, 0.5) is 27.8 Å². The summed E-state index contributed by atoms with van der Waals surface area (Å²) in [5.41, 5.74) is 7.89. The van der Waals surface area contributed by atoms with Crippen molar-refractivity contribution < 1.29 is 22.0 Å². The Bertz CT molecular complexity index is 1510. The first-order valence-electron chi connectivity index (χ1n) is 10.7. The number of nitrogens with zero attached hydrogens (tertiary/aromatic N) is 7. The molecular weight excluding hydrogens is 483 g/mol. The minimum atomic E-state index is -4.68. The highest BCUT2D eigenvalue weighted by atomic mass is 19.4. The van der Waals surface area contributed by atoms with Crippen molar-refractivity contribution in [2.75, 3.05) is 5.73 Å². The standard InChI is InChI=1S/C23H17F5N8/c1-2-17(16-8-30-20(35-16)13-4-3-12(24)5-15(13)25)36-9-14(18-19(29)33-10-34-21(18)36)11-6-31-22(32-7-11)23(26,27)28/h3-10,17,20H,2H2,1H3,(H2,29,33,34). The fourth-order valence-electron chi connectivity index (χ4n) is 4.11. The van der Waals surface area contributed by atoms with Crippen molar-refractivity contribution in [2.24, 2.45) is 9.98 Å². The maximum Gasteiger partial charge on any atom is 0.451 e. The van der Waals surface area contributed by atoms with Gasteiger partial charge in [-0.25, -0.2) is 28.7 Å². The molecule has 2 N–H and O–H groups in total. The van der Waals surface area contributed by atoms with Gasteiger partial charge < -0.3 is 10.3 Å². The van der Waals surface area contributed by atoms with Gasteiger partial charge in [0.05, 0.1) is 17.1 Å². The molecule has 5 rings (SSSR count). The molecule has 0 saturated carbocycles. The highest BCUT2D eigenvalue weighted by molar-refractivity contribution is 6.33. The largest absolute Gasteiger partial charge is 0.451 e. The second kappa shape index (κ2) is 8.73. The van der Waals surface area contributed by atoms with Crippen LogP contribution in [0.1, 0.15) is 36.9 Å². The molecule has 3 aromatic heterocycles. The Balaban J connectivity index is 1.58. The number of fused-ring (bicyclic) bond motifs is 1. The summed E-state index contributed by atoms with van der Waals surface area (Å²) in [5.74, 6) is -2.60. The van der Waals surface area contributed by atoms with E-state index in [-0.39, 0.29) is 16.9 Å². The van der Waals surface area contributed by atoms with Crippen LogP contribution in [-0.2, 0) is 6.18 Å². The third-order valence-corrected chi connectivity index (χ3v) is 5.78. The minimum absolute atomic E-state index is 0.122. The van der Waals surface area contributed by atoms with E-state index in [2.05, 4.69) is 29.9 Å². The van der Waals surface area contributed by atoms with Gasteiger partial charge >= 0.3 is 6.18 Å². The van der Waals surface area contributed by atoms with Gasteiger partial charge in [0.1, 0.15) is 29.4 Å². The molecule has 184 valence electrons. The molecule has 0 saturated heterocycles. The zero-order valence-electron chi connectivity index (χ0n) is 18.6. The van der Waals surface area contributed by atoms with Crippen LogP contribution >= 0.6 is 0 Å². The first kappa shape index (κ1) is 23.5. The molecule has 8 nitrogen and oxygen atoms in total. The summed E-state index contributed by atoms with van der Waals surface area (Å²) in [7, 11) is 0. The van der Waals surface area contributed by atoms with Crippen LogP contribution in [0.25, 0.3) is 22.2 Å². The number of nitrogens with two attached hydrogens (primary N) is 1. The van der Waals surface area contributed by atoms with Gasteiger partial charge in [0.15, 0.2) is 6.17 Å². The average Bonchev–Trinajstić information content (AvgIpc) is 3.46. The SMILES string of the molecule is CCC(C1=NC(c2ccc(F)cc2F)N=C1)n1cc(-c2cnc(C(F)(F)F)nc2)c2c(N)ncnc21. The number of nitrogen functional groups attached to an aromatic ring is 1. The Morgan fingerprint density at radius 1 is 1.08 bits per heavy atom. The maximum atomic E-state index is 14.3. The lowest BCUT2D eigenvalue weighted by Gasteiger charge is -2.17. The van der Waals surface area contributed by atoms with E-state index in [9.17, 15) is 22.0 Å². The maximum absolute atomic E-state index is 14.3. The predicted octanol–water partition coefficient (Wildman–Crippen LogP) is 4.94. The predicted molar refractivity (Wildman–Crippen MR) is 122 cm³/mol. The van der Waals surface area contributed by atoms with Gasteiger partial charge in [0.2, 0.25) is 5.82 Å². The zero-order valence-corrected chi connectivity index (χ0v) is 18.6. The van der Waals surface area contributed by atoms with Gasteiger partial charge in [-0.15, -0.1) is 0 Å². The molecule has 0 fully saturated rings. The molecule has 4 aromatic rings. The molecule has 4 heterocycles. The number of rotatable bonds is 5. The van der Waals surface area contributed by atoms with Gasteiger partial charge in [0.25, 0.3) is 0 Å². The third kappa shape index (κ3) is 4.06. The summed E-state index contributed by atoms with van der Waals surface area (Å²) in [6.07, 6.45) is 1.53. The number of aliphatic imine (C=N–C) groups is 2. The van der Waals surface area contributed by atoms with Crippen LogP contribution in [0.3, 0.4) is 0 Å². The van der Waals surface area contributed by atoms with Crippen molar-refractivity contribution in [3.8, 4) is 11.1 Å². The molecule has 0 spiro atoms. The molecule has 13 heteroatoms. The summed E-state index contributed by atoms with van der Waals surface area (Å²) in [6.45, 7) is 1.89. The number of hydrogen-bond acceptors (Lipinski definition) is 7. The normalized spacial score (nSPS) is 16.5. The van der Waals surface area contributed by atoms with Crippen LogP contribution in [0.2, 0.25) is 0 Å². The Labute approximate surface area is 200 Å². The van der Waals surface area contributed by atoms with Crippen molar-refractivity contribution in [3.05, 3.63) is 66.1 Å². The molecule has 1 aromatic carbocycles. The molecular formula is C23H17F5N8. The van der Waals surface area contributed by atoms with Crippen LogP contribution in [0.15, 0.2) is 53.1 Å². The van der Waals surface area contributed by atoms with Crippen LogP contribution < -0.4 is 5.73 Å². The second-order valence-corrected chi connectivity index (χ2v) is 8.00. The lowest BCUT2D eigenvalue weighted by Crippen LogP contribution is -2.18. The van der Waals surface area contributed by atoms with E-state index in [1.807, 2.05) is 6.92 Å². The fourth-order valence-corrected chi connectivity index (χ4v) is 4.11. The van der Waals surface area contributed by atoms with Crippen molar-refractivity contribution >= 4 is 28.8 Å². The summed E-state index contributed by atoms with van der Waals surface area (Å²) < 4.78 is 68.1. The number of halogens is 5. The molecule has 2 unspecified atom stereocenters. The first-order chi connectivity index (χ1) is 17.2. The third-order valence-electron chi connectivity index (χ3n) is 5.78. The van der Waals surface area contributed by atoms with E-state index in [4.69, 9.17) is 5.73 Å². The average molecular weight is 500 g/mol. The molecule has 1 aliphatic heterocycles. The first-order valence-corrected chi connectivity index (χ1v) is 10.7. The Hall–Kier alpha value is -4.29. The minimum Gasteiger partial charge on any atom is -0.383 e. The van der Waals surface area contributed by atoms with Crippen molar-refractivity contribution in [2.45, 2.75) is 31.7 Å². The van der Waals surface area contributed by atoms with Gasteiger partial charge in [-0.1, -0.05) is 6.92 Å². The lowest BCUT2D eigenvalue weighted by molar-refractivity contribution is -0.144. The molecule has 0 bridgehead atoms. The summed E-state index contributed by atoms with van der Waals surface area (Å²) in [4.78, 5) is 24.0. The number of hydrogen-bond donors (Lipinski definition) is 1. The van der Waals surface area contributed by atoms with E-state index in [1.54, 1.807) is 10.8 Å². The number of alkyl halides is 3. The second-order valence-electron chi connectivity index (χ2n) is 8.00. The molecule has 1 aliphatic rings. The van der Waals surface area contributed by atoms with E-state index in [1.165, 1.54) is 18.6 Å².